The first-order valence-corrected chi connectivity index (χ1v) is 28.5. The predicted octanol–water partition coefficient (Wildman–Crippen LogP) is 10.7. The van der Waals surface area contributed by atoms with Crippen LogP contribution < -0.4 is 21.0 Å². The number of aromatic amines is 1. The Morgan fingerprint density at radius 2 is 1.51 bits per heavy atom. The van der Waals surface area contributed by atoms with Gasteiger partial charge in [0.25, 0.3) is 0 Å². The van der Waals surface area contributed by atoms with Crippen molar-refractivity contribution in [3.05, 3.63) is 171 Å². The Balaban J connectivity index is 0.633. The zero-order valence-corrected chi connectivity index (χ0v) is 47.3. The van der Waals surface area contributed by atoms with E-state index in [0.717, 1.165) is 71.6 Å². The first kappa shape index (κ1) is 55.9. The molecular formula is C64H62F3N11O7. The van der Waals surface area contributed by atoms with E-state index >= 15 is 13.2 Å². The maximum Gasteiger partial charge on any atom is 0.418 e. The van der Waals surface area contributed by atoms with Crippen molar-refractivity contribution in [2.45, 2.75) is 71.5 Å². The van der Waals surface area contributed by atoms with Gasteiger partial charge < -0.3 is 34.2 Å². The molecule has 0 atom stereocenters. The molecule has 2 aliphatic rings. The number of nitrogens with one attached hydrogen (secondary N) is 1. The van der Waals surface area contributed by atoms with Gasteiger partial charge in [-0.3, -0.25) is 23.9 Å². The van der Waals surface area contributed by atoms with Gasteiger partial charge in [0.05, 0.1) is 51.7 Å². The van der Waals surface area contributed by atoms with Crippen molar-refractivity contribution in [2.75, 3.05) is 44.2 Å². The van der Waals surface area contributed by atoms with Gasteiger partial charge in [0, 0.05) is 105 Å². The number of benzene rings is 5. The van der Waals surface area contributed by atoms with Crippen LogP contribution in [0.5, 0.6) is 17.2 Å². The molecule has 0 saturated carbocycles. The third-order valence-corrected chi connectivity index (χ3v) is 16.7. The van der Waals surface area contributed by atoms with Gasteiger partial charge in [-0.05, 0) is 133 Å². The molecule has 0 unspecified atom stereocenters. The first-order valence-electron chi connectivity index (χ1n) is 28.5. The van der Waals surface area contributed by atoms with E-state index in [1.165, 1.54) is 36.8 Å². The molecule has 85 heavy (non-hydrogen) atoms. The molecule has 0 radical (unpaired) electrons. The number of H-pyrrole nitrogens is 1. The number of imidazole rings is 1. The summed E-state index contributed by atoms with van der Waals surface area (Å²) in [6.07, 6.45) is 3.55. The van der Waals surface area contributed by atoms with E-state index in [1.54, 1.807) is 54.7 Å². The van der Waals surface area contributed by atoms with E-state index in [4.69, 9.17) is 4.74 Å². The summed E-state index contributed by atoms with van der Waals surface area (Å²) in [5.41, 5.74) is 5.42. The number of nitrogens with zero attached hydrogens (tertiary/aromatic N) is 10. The highest BCUT2D eigenvalue weighted by Crippen LogP contribution is 2.41. The topological polar surface area (TPSA) is 202 Å². The smallest absolute Gasteiger partial charge is 0.418 e. The fourth-order valence-electron chi connectivity index (χ4n) is 11.9. The van der Waals surface area contributed by atoms with Crippen LogP contribution in [0, 0.1) is 5.92 Å². The molecule has 12 rings (SSSR count). The lowest BCUT2D eigenvalue weighted by Crippen LogP contribution is -2.50. The quantitative estimate of drug-likeness (QED) is 0.0991. The number of rotatable bonds is 13. The fourth-order valence-corrected chi connectivity index (χ4v) is 11.9. The summed E-state index contributed by atoms with van der Waals surface area (Å²) in [6.45, 7) is 8.31. The number of hydrogen-bond donors (Lipinski definition) is 3. The number of amides is 2. The van der Waals surface area contributed by atoms with Crippen molar-refractivity contribution in [2.24, 2.45) is 13.0 Å². The van der Waals surface area contributed by atoms with Crippen LogP contribution in [0.2, 0.25) is 0 Å². The van der Waals surface area contributed by atoms with Gasteiger partial charge in [-0.1, -0.05) is 45.0 Å². The second-order valence-corrected chi connectivity index (χ2v) is 22.3. The Hall–Kier alpha value is -9.66. The molecule has 18 nitrogen and oxygen atoms in total. The summed E-state index contributed by atoms with van der Waals surface area (Å²) in [7, 11) is 1.57. The number of halogens is 3. The third kappa shape index (κ3) is 10.9. The third-order valence-electron chi connectivity index (χ3n) is 16.7. The number of piperazine rings is 1. The van der Waals surface area contributed by atoms with Crippen molar-refractivity contribution < 1.29 is 37.7 Å². The van der Waals surface area contributed by atoms with Crippen LogP contribution in [0.4, 0.5) is 23.7 Å². The summed E-state index contributed by atoms with van der Waals surface area (Å²) in [5.74, 6) is 0.667. The van der Waals surface area contributed by atoms with Gasteiger partial charge in [0.1, 0.15) is 17.2 Å². The molecule has 0 spiro atoms. The Morgan fingerprint density at radius 1 is 0.765 bits per heavy atom. The number of fused-ring (bicyclic) bond motifs is 4. The standard InChI is InChI=1S/C64H62F3N11O7/c1-5-44-10-8-43(36-68-44)41-9-15-52-49(32-41)59-55(37-69-52)72(4)62(83)77(59)46-12-17-54(51(33-46)64(65,66)67)74-26-28-76(29-27-74)63(84)85-47-13-6-40(7-14-47)30-58(81)75-23-19-39(20-24-75)18-22-73-25-21-42-31-45(11-16-53(42)73)78-60(70-71-61(78)82)50-34-48(38(2)3)56(79)35-57(50)80/h6-17,21,25,31-39,79-80H,5,18-20,22-24,26-30H2,1-4H3,(H,71,82). The molecule has 0 aliphatic carbocycles. The van der Waals surface area contributed by atoms with E-state index in [9.17, 15) is 29.4 Å². The Labute approximate surface area is 485 Å². The molecule has 2 aliphatic heterocycles. The van der Waals surface area contributed by atoms with Crippen molar-refractivity contribution in [1.29, 1.82) is 0 Å². The number of carbonyl (C=O) groups excluding carboxylic acids is 2. The van der Waals surface area contributed by atoms with Gasteiger partial charge in [-0.25, -0.2) is 24.0 Å². The van der Waals surface area contributed by atoms with E-state index in [2.05, 4.69) is 24.7 Å². The van der Waals surface area contributed by atoms with Gasteiger partial charge >= 0.3 is 23.6 Å². The monoisotopic (exact) mass is 1150 g/mol. The minimum atomic E-state index is -4.78. The molecule has 5 aromatic heterocycles. The molecule has 2 amide bonds. The second kappa shape index (κ2) is 22.5. The van der Waals surface area contributed by atoms with Crippen molar-refractivity contribution in [1.82, 2.24) is 48.2 Å². The molecule has 10 aromatic rings. The molecule has 2 fully saturated rings. The number of aryl methyl sites for hydroxylation is 3. The lowest BCUT2D eigenvalue weighted by Gasteiger charge is -2.36. The second-order valence-electron chi connectivity index (χ2n) is 22.3. The van der Waals surface area contributed by atoms with E-state index < -0.39 is 29.2 Å². The number of likely N-dealkylation sites (tertiary alicyclic amines) is 1. The highest BCUT2D eigenvalue weighted by atomic mass is 19.4. The van der Waals surface area contributed by atoms with Crippen LogP contribution in [0.15, 0.2) is 137 Å². The lowest BCUT2D eigenvalue weighted by atomic mass is 9.93. The molecule has 0 bridgehead atoms. The van der Waals surface area contributed by atoms with Crippen LogP contribution in [0.25, 0.3) is 66.7 Å². The summed E-state index contributed by atoms with van der Waals surface area (Å²) in [4.78, 5) is 67.9. The van der Waals surface area contributed by atoms with Gasteiger partial charge in [0.15, 0.2) is 5.82 Å². The van der Waals surface area contributed by atoms with E-state index in [0.29, 0.717) is 57.8 Å². The summed E-state index contributed by atoms with van der Waals surface area (Å²) >= 11 is 0. The van der Waals surface area contributed by atoms with Gasteiger partial charge in [-0.15, -0.1) is 0 Å². The Kier molecular flexibility index (Phi) is 14.8. The molecule has 2 saturated heterocycles. The average Bonchev–Trinajstić information content (AvgIpc) is 2.93. The molecule has 7 heterocycles. The summed E-state index contributed by atoms with van der Waals surface area (Å²) in [5, 5.41) is 29.4. The van der Waals surface area contributed by atoms with E-state index in [1.807, 2.05) is 86.5 Å². The van der Waals surface area contributed by atoms with Gasteiger partial charge in [0.2, 0.25) is 5.91 Å². The Morgan fingerprint density at radius 3 is 2.22 bits per heavy atom. The number of phenolic OH excluding ortho intramolecular Hbond substituents is 2. The first-order chi connectivity index (χ1) is 40.9. The number of aromatic hydroxyl groups is 2. The summed E-state index contributed by atoms with van der Waals surface area (Å²) < 4.78 is 57.2. The number of phenols is 2. The minimum absolute atomic E-state index is 0.00668. The normalized spacial score (nSPS) is 14.4. The maximum absolute atomic E-state index is 15.1. The molecule has 21 heteroatoms. The van der Waals surface area contributed by atoms with Crippen LogP contribution in [0.1, 0.15) is 68.3 Å². The molecule has 5 aromatic carbocycles. The number of hydrogen-bond acceptors (Lipinski definition) is 11. The number of aromatic nitrogens is 8. The zero-order valence-electron chi connectivity index (χ0n) is 47.3. The fraction of sp³-hybridized carbons (Fsp3) is 0.297. The molecule has 436 valence electrons. The van der Waals surface area contributed by atoms with Crippen LogP contribution in [-0.2, 0) is 37.4 Å². The highest BCUT2D eigenvalue weighted by molar-refractivity contribution is 6.04. The van der Waals surface area contributed by atoms with Crippen molar-refractivity contribution >= 4 is 50.5 Å². The summed E-state index contributed by atoms with van der Waals surface area (Å²) in [6, 6.07) is 30.8. The predicted molar refractivity (Wildman–Crippen MR) is 318 cm³/mol. The van der Waals surface area contributed by atoms with Gasteiger partial charge in [-0.2, -0.15) is 18.3 Å². The number of alkyl halides is 3. The van der Waals surface area contributed by atoms with Crippen LogP contribution in [0.3, 0.4) is 0 Å². The molecule has 3 N–H and O–H groups in total. The average molecular weight is 1150 g/mol. The number of anilines is 1. The number of ether oxygens (including phenoxy) is 1. The van der Waals surface area contributed by atoms with Crippen molar-refractivity contribution in [3.63, 3.8) is 0 Å². The maximum atomic E-state index is 15.1. The lowest BCUT2D eigenvalue weighted by molar-refractivity contribution is -0.137. The number of carbonyl (C=O) groups is 2. The number of piperidine rings is 1. The largest absolute Gasteiger partial charge is 0.508 e. The highest BCUT2D eigenvalue weighted by Gasteiger charge is 2.37. The van der Waals surface area contributed by atoms with Crippen LogP contribution >= 0.6 is 0 Å². The Bertz CT molecular complexity index is 4320. The van der Waals surface area contributed by atoms with E-state index in [-0.39, 0.29) is 78.9 Å². The van der Waals surface area contributed by atoms with Crippen LogP contribution in [-0.4, -0.2) is 110 Å². The SMILES string of the molecule is CCc1ccc(-c2ccc3ncc4c(c3c2)n(-c2ccc(N3CCN(C(=O)Oc5ccc(CC(=O)N6CCC(CCn7ccc8cc(-n9c(-c%10cc(C(C)C)c(O)cc%10O)n[nH]c9=O)ccc87)CC6)cc5)CC3)c(C(F)(F)F)c2)c(=O)n4C)cn1. The number of pyridine rings is 2. The molecular weight excluding hydrogens is 1090 g/mol. The minimum Gasteiger partial charge on any atom is -0.508 e. The van der Waals surface area contributed by atoms with Crippen molar-refractivity contribution in [3.8, 4) is 51.1 Å². The zero-order chi connectivity index (χ0) is 59.4.